The molecule has 0 saturated carbocycles. The third-order valence-corrected chi connectivity index (χ3v) is 3.92. The molecule has 3 rings (SSSR count). The first-order valence-corrected chi connectivity index (χ1v) is 7.24. The van der Waals surface area contributed by atoms with Crippen molar-refractivity contribution >= 4 is 10.9 Å². The molecule has 0 unspecified atom stereocenters. The highest BCUT2D eigenvalue weighted by Gasteiger charge is 2.06. The summed E-state index contributed by atoms with van der Waals surface area (Å²) in [4.78, 5) is 4.54. The highest BCUT2D eigenvalue weighted by Crippen LogP contribution is 2.21. The van der Waals surface area contributed by atoms with E-state index in [9.17, 15) is 0 Å². The third-order valence-electron chi connectivity index (χ3n) is 3.92. The van der Waals surface area contributed by atoms with Crippen LogP contribution in [0, 0.1) is 0 Å². The van der Waals surface area contributed by atoms with Crippen LogP contribution in [0.25, 0.3) is 10.9 Å². The van der Waals surface area contributed by atoms with Crippen molar-refractivity contribution in [3.63, 3.8) is 0 Å². The standard InChI is InChI=1S/C18H20N2/c1-3-14-8-10-16(19-12-14)11-9-15-13-20(2)18-7-5-4-6-17(15)18/h4-8,10,12-13H,3,9,11H2,1-2H3. The first-order valence-electron chi connectivity index (χ1n) is 7.24. The van der Waals surface area contributed by atoms with Gasteiger partial charge in [-0.1, -0.05) is 31.2 Å². The van der Waals surface area contributed by atoms with Crippen molar-refractivity contribution in [3.05, 3.63) is 65.6 Å². The lowest BCUT2D eigenvalue weighted by atomic mass is 10.1. The lowest BCUT2D eigenvalue weighted by molar-refractivity contribution is 0.894. The molecule has 2 nitrogen and oxygen atoms in total. The van der Waals surface area contributed by atoms with E-state index in [-0.39, 0.29) is 0 Å². The minimum absolute atomic E-state index is 0.998. The molecule has 102 valence electrons. The van der Waals surface area contributed by atoms with Gasteiger partial charge < -0.3 is 4.57 Å². The monoisotopic (exact) mass is 264 g/mol. The summed E-state index contributed by atoms with van der Waals surface area (Å²) < 4.78 is 2.21. The van der Waals surface area contributed by atoms with E-state index >= 15 is 0 Å². The highest BCUT2D eigenvalue weighted by atomic mass is 14.9. The number of aryl methyl sites for hydroxylation is 4. The fraction of sp³-hybridized carbons (Fsp3) is 0.278. The lowest BCUT2D eigenvalue weighted by Crippen LogP contribution is -1.95. The SMILES string of the molecule is CCc1ccc(CCc2cn(C)c3ccccc23)nc1. The zero-order valence-corrected chi connectivity index (χ0v) is 12.1. The molecule has 0 saturated heterocycles. The summed E-state index contributed by atoms with van der Waals surface area (Å²) in [5, 5.41) is 1.36. The van der Waals surface area contributed by atoms with Crippen LogP contribution in [0.4, 0.5) is 0 Å². The summed E-state index contributed by atoms with van der Waals surface area (Å²) in [7, 11) is 2.11. The van der Waals surface area contributed by atoms with Gasteiger partial charge in [0.2, 0.25) is 0 Å². The summed E-state index contributed by atoms with van der Waals surface area (Å²) in [6, 6.07) is 12.9. The van der Waals surface area contributed by atoms with Gasteiger partial charge in [0.05, 0.1) is 0 Å². The second kappa shape index (κ2) is 5.49. The van der Waals surface area contributed by atoms with Crippen LogP contribution in [0.15, 0.2) is 48.8 Å². The quantitative estimate of drug-likeness (QED) is 0.698. The fourth-order valence-corrected chi connectivity index (χ4v) is 2.70. The first kappa shape index (κ1) is 12.9. The number of pyridine rings is 1. The third kappa shape index (κ3) is 2.46. The Labute approximate surface area is 120 Å². The van der Waals surface area contributed by atoms with E-state index in [0.717, 1.165) is 19.3 Å². The van der Waals surface area contributed by atoms with Crippen LogP contribution < -0.4 is 0 Å². The molecule has 0 amide bonds. The summed E-state index contributed by atoms with van der Waals surface area (Å²) in [6.45, 7) is 2.16. The Hall–Kier alpha value is -2.09. The molecule has 2 heterocycles. The molecule has 2 aromatic heterocycles. The molecule has 0 atom stereocenters. The van der Waals surface area contributed by atoms with Crippen molar-refractivity contribution < 1.29 is 0 Å². The number of para-hydroxylation sites is 1. The lowest BCUT2D eigenvalue weighted by Gasteiger charge is -2.02. The number of fused-ring (bicyclic) bond motifs is 1. The molecule has 0 aliphatic rings. The zero-order chi connectivity index (χ0) is 13.9. The predicted molar refractivity (Wildman–Crippen MR) is 83.9 cm³/mol. The van der Waals surface area contributed by atoms with Gasteiger partial charge in [0.1, 0.15) is 0 Å². The Kier molecular flexibility index (Phi) is 3.55. The summed E-state index contributed by atoms with van der Waals surface area (Å²) in [6.07, 6.45) is 7.33. The number of hydrogen-bond donors (Lipinski definition) is 0. The molecular formula is C18H20N2. The summed E-state index contributed by atoms with van der Waals surface area (Å²) in [5.41, 5.74) is 5.19. The summed E-state index contributed by atoms with van der Waals surface area (Å²) >= 11 is 0. The molecule has 0 radical (unpaired) electrons. The van der Waals surface area contributed by atoms with Crippen LogP contribution in [-0.4, -0.2) is 9.55 Å². The number of benzene rings is 1. The maximum atomic E-state index is 4.54. The Bertz CT molecular complexity index is 708. The predicted octanol–water partition coefficient (Wildman–Crippen LogP) is 3.92. The number of hydrogen-bond acceptors (Lipinski definition) is 1. The van der Waals surface area contributed by atoms with Gasteiger partial charge in [-0.05, 0) is 42.5 Å². The Morgan fingerprint density at radius 1 is 1.05 bits per heavy atom. The van der Waals surface area contributed by atoms with Crippen LogP contribution in [-0.2, 0) is 26.3 Å². The molecule has 0 N–H and O–H groups in total. The van der Waals surface area contributed by atoms with Gasteiger partial charge in [-0.25, -0.2) is 0 Å². The average molecular weight is 264 g/mol. The van der Waals surface area contributed by atoms with Crippen molar-refractivity contribution in [2.75, 3.05) is 0 Å². The Balaban J connectivity index is 1.79. The van der Waals surface area contributed by atoms with Gasteiger partial charge in [0, 0.05) is 36.0 Å². The van der Waals surface area contributed by atoms with E-state index in [1.807, 2.05) is 6.20 Å². The van der Waals surface area contributed by atoms with Crippen molar-refractivity contribution in [1.82, 2.24) is 9.55 Å². The van der Waals surface area contributed by atoms with Crippen molar-refractivity contribution in [1.29, 1.82) is 0 Å². The highest BCUT2D eigenvalue weighted by molar-refractivity contribution is 5.83. The first-order chi connectivity index (χ1) is 9.78. The van der Waals surface area contributed by atoms with Gasteiger partial charge in [-0.3, -0.25) is 4.98 Å². The van der Waals surface area contributed by atoms with Gasteiger partial charge in [-0.15, -0.1) is 0 Å². The van der Waals surface area contributed by atoms with Crippen LogP contribution in [0.2, 0.25) is 0 Å². The van der Waals surface area contributed by atoms with Crippen LogP contribution in [0.3, 0.4) is 0 Å². The van der Waals surface area contributed by atoms with Crippen molar-refractivity contribution in [2.45, 2.75) is 26.2 Å². The van der Waals surface area contributed by atoms with Crippen molar-refractivity contribution in [2.24, 2.45) is 7.05 Å². The van der Waals surface area contributed by atoms with Gasteiger partial charge in [0.25, 0.3) is 0 Å². The van der Waals surface area contributed by atoms with E-state index < -0.39 is 0 Å². The smallest absolute Gasteiger partial charge is 0.0480 e. The van der Waals surface area contributed by atoms with Crippen LogP contribution >= 0.6 is 0 Å². The molecule has 0 aliphatic carbocycles. The minimum atomic E-state index is 0.998. The van der Waals surface area contributed by atoms with E-state index in [0.29, 0.717) is 0 Å². The minimum Gasteiger partial charge on any atom is -0.350 e. The van der Waals surface area contributed by atoms with E-state index in [2.05, 4.69) is 66.1 Å². The normalized spacial score (nSPS) is 11.1. The topological polar surface area (TPSA) is 17.8 Å². The second-order valence-corrected chi connectivity index (χ2v) is 5.29. The molecule has 2 heteroatoms. The zero-order valence-electron chi connectivity index (χ0n) is 12.1. The van der Waals surface area contributed by atoms with E-state index in [1.165, 1.54) is 27.7 Å². The van der Waals surface area contributed by atoms with Crippen LogP contribution in [0.5, 0.6) is 0 Å². The number of aromatic nitrogens is 2. The molecule has 0 spiro atoms. The molecule has 3 aromatic rings. The Morgan fingerprint density at radius 3 is 2.65 bits per heavy atom. The van der Waals surface area contributed by atoms with Crippen molar-refractivity contribution in [3.8, 4) is 0 Å². The largest absolute Gasteiger partial charge is 0.350 e. The molecule has 0 bridgehead atoms. The van der Waals surface area contributed by atoms with E-state index in [1.54, 1.807) is 0 Å². The average Bonchev–Trinajstić information content (AvgIpc) is 2.83. The fourth-order valence-electron chi connectivity index (χ4n) is 2.70. The van der Waals surface area contributed by atoms with Gasteiger partial charge in [0.15, 0.2) is 0 Å². The van der Waals surface area contributed by atoms with E-state index in [4.69, 9.17) is 0 Å². The number of rotatable bonds is 4. The molecule has 0 fully saturated rings. The maximum Gasteiger partial charge on any atom is 0.0480 e. The summed E-state index contributed by atoms with van der Waals surface area (Å²) in [5.74, 6) is 0. The van der Waals surface area contributed by atoms with Gasteiger partial charge in [-0.2, -0.15) is 0 Å². The Morgan fingerprint density at radius 2 is 1.90 bits per heavy atom. The molecule has 0 aliphatic heterocycles. The van der Waals surface area contributed by atoms with Crippen LogP contribution in [0.1, 0.15) is 23.7 Å². The number of nitrogens with zero attached hydrogens (tertiary/aromatic N) is 2. The molecule has 20 heavy (non-hydrogen) atoms. The second-order valence-electron chi connectivity index (χ2n) is 5.29. The maximum absolute atomic E-state index is 4.54. The molecular weight excluding hydrogens is 244 g/mol. The van der Waals surface area contributed by atoms with Gasteiger partial charge >= 0.3 is 0 Å². The molecule has 1 aromatic carbocycles.